The van der Waals surface area contributed by atoms with Crippen molar-refractivity contribution in [2.75, 3.05) is 4.90 Å². The van der Waals surface area contributed by atoms with Crippen molar-refractivity contribution in [3.05, 3.63) is 221 Å². The summed E-state index contributed by atoms with van der Waals surface area (Å²) in [6, 6.07) is 69.9. The van der Waals surface area contributed by atoms with E-state index >= 15 is 0 Å². The van der Waals surface area contributed by atoms with Gasteiger partial charge in [-0.15, -0.1) is 0 Å². The van der Waals surface area contributed by atoms with Crippen molar-refractivity contribution < 1.29 is 0 Å². The summed E-state index contributed by atoms with van der Waals surface area (Å²) < 4.78 is 0. The smallest absolute Gasteiger partial charge is 0.0714 e. The zero-order chi connectivity index (χ0) is 42.5. The summed E-state index contributed by atoms with van der Waals surface area (Å²) in [5.41, 5.74) is 18.2. The number of nitrogens with zero attached hydrogens (tertiary/aromatic N) is 1. The van der Waals surface area contributed by atoms with Gasteiger partial charge in [-0.1, -0.05) is 172 Å². The summed E-state index contributed by atoms with van der Waals surface area (Å²) in [5.74, 6) is 2.52. The first-order valence-corrected chi connectivity index (χ1v) is 23.6. The number of fused-ring (bicyclic) bond motifs is 4. The van der Waals surface area contributed by atoms with E-state index in [1.807, 2.05) is 0 Å². The van der Waals surface area contributed by atoms with Crippen LogP contribution in [0, 0.1) is 24.7 Å². The summed E-state index contributed by atoms with van der Waals surface area (Å²) in [6.07, 6.45) is 8.21. The van der Waals surface area contributed by atoms with Crippen molar-refractivity contribution in [3.63, 3.8) is 0 Å². The Labute approximate surface area is 374 Å². The van der Waals surface area contributed by atoms with Gasteiger partial charge in [-0.25, -0.2) is 0 Å². The standard InChI is InChI=1S/C62H57N/c1-41-18-17-28-55-59(41)51-31-30-49(37-56(51)62(55,47-21-7-5-8-22-47)48-23-9-6-10-24-48)63(57-29-16-15-27-54(57)61-38-42-32-43(39-61)34-44(33-42)40-61)58-36-46-20-12-11-19-45(46)35-52(58)50-25-13-14-26-53(50)60(2,3)4/h5-31,35-37,42-44H,32-34,38-40H2,1-4H3. The molecule has 0 radical (unpaired) electrons. The second kappa shape index (κ2) is 14.4. The Morgan fingerprint density at radius 3 is 1.70 bits per heavy atom. The molecule has 0 aromatic heterocycles. The van der Waals surface area contributed by atoms with Crippen molar-refractivity contribution in [2.24, 2.45) is 17.8 Å². The minimum atomic E-state index is -0.509. The van der Waals surface area contributed by atoms with Crippen LogP contribution in [0.25, 0.3) is 33.0 Å². The number of anilines is 3. The highest BCUT2D eigenvalue weighted by atomic mass is 15.1. The van der Waals surface area contributed by atoms with Crippen LogP contribution in [0.5, 0.6) is 0 Å². The maximum Gasteiger partial charge on any atom is 0.0714 e. The molecule has 8 aromatic carbocycles. The maximum absolute atomic E-state index is 2.71. The summed E-state index contributed by atoms with van der Waals surface area (Å²) in [7, 11) is 0. The Balaban J connectivity index is 1.19. The van der Waals surface area contributed by atoms with Gasteiger partial charge in [0.25, 0.3) is 0 Å². The van der Waals surface area contributed by atoms with Crippen LogP contribution in [0.4, 0.5) is 17.1 Å². The van der Waals surface area contributed by atoms with Gasteiger partial charge in [0.05, 0.1) is 11.1 Å². The van der Waals surface area contributed by atoms with Crippen LogP contribution in [-0.2, 0) is 16.2 Å². The molecule has 0 aliphatic heterocycles. The molecule has 310 valence electrons. The maximum atomic E-state index is 2.71. The third-order valence-electron chi connectivity index (χ3n) is 15.9. The van der Waals surface area contributed by atoms with Crippen LogP contribution < -0.4 is 4.90 Å². The third kappa shape index (κ3) is 5.95. The first-order valence-electron chi connectivity index (χ1n) is 23.6. The Hall–Kier alpha value is -6.18. The molecule has 13 rings (SSSR count). The number of hydrogen-bond acceptors (Lipinski definition) is 1. The fraction of sp³-hybridized carbons (Fsp3) is 0.258. The molecule has 0 saturated heterocycles. The van der Waals surface area contributed by atoms with E-state index in [0.29, 0.717) is 0 Å². The van der Waals surface area contributed by atoms with Crippen molar-refractivity contribution in [1.29, 1.82) is 0 Å². The predicted molar refractivity (Wildman–Crippen MR) is 265 cm³/mol. The van der Waals surface area contributed by atoms with E-state index in [4.69, 9.17) is 0 Å². The highest BCUT2D eigenvalue weighted by Crippen LogP contribution is 2.63. The summed E-state index contributed by atoms with van der Waals surface area (Å²) >= 11 is 0. The van der Waals surface area contributed by atoms with Gasteiger partial charge in [-0.05, 0) is 171 Å². The average Bonchev–Trinajstić information content (AvgIpc) is 3.60. The molecule has 1 nitrogen and oxygen atoms in total. The van der Waals surface area contributed by atoms with Crippen LogP contribution in [0.2, 0.25) is 0 Å². The lowest BCUT2D eigenvalue weighted by Crippen LogP contribution is -2.48. The summed E-state index contributed by atoms with van der Waals surface area (Å²) in [4.78, 5) is 2.71. The van der Waals surface area contributed by atoms with Crippen LogP contribution >= 0.6 is 0 Å². The Morgan fingerprint density at radius 1 is 0.460 bits per heavy atom. The number of benzene rings is 8. The molecule has 4 fully saturated rings. The van der Waals surface area contributed by atoms with Gasteiger partial charge in [0.15, 0.2) is 0 Å². The first-order chi connectivity index (χ1) is 30.7. The molecule has 0 spiro atoms. The minimum Gasteiger partial charge on any atom is -0.310 e. The normalized spacial score (nSPS) is 21.6. The van der Waals surface area contributed by atoms with Gasteiger partial charge in [-0.2, -0.15) is 0 Å². The van der Waals surface area contributed by atoms with Crippen molar-refractivity contribution in [2.45, 2.75) is 82.5 Å². The molecule has 0 atom stereocenters. The molecular weight excluding hydrogens is 759 g/mol. The molecule has 5 aliphatic carbocycles. The van der Waals surface area contributed by atoms with Gasteiger partial charge >= 0.3 is 0 Å². The number of hydrogen-bond donors (Lipinski definition) is 0. The lowest BCUT2D eigenvalue weighted by molar-refractivity contribution is -0.00491. The molecule has 0 unspecified atom stereocenters. The second-order valence-corrected chi connectivity index (χ2v) is 20.8. The van der Waals surface area contributed by atoms with Gasteiger partial charge in [0, 0.05) is 16.9 Å². The number of aryl methyl sites for hydroxylation is 1. The molecule has 0 heterocycles. The van der Waals surface area contributed by atoms with Crippen LogP contribution in [0.15, 0.2) is 182 Å². The van der Waals surface area contributed by atoms with Gasteiger partial charge in [0.1, 0.15) is 0 Å². The monoisotopic (exact) mass is 815 g/mol. The van der Waals surface area contributed by atoms with Crippen molar-refractivity contribution >= 4 is 27.8 Å². The van der Waals surface area contributed by atoms with E-state index < -0.39 is 5.41 Å². The van der Waals surface area contributed by atoms with Gasteiger partial charge < -0.3 is 4.90 Å². The fourth-order valence-electron chi connectivity index (χ4n) is 13.8. The Bertz CT molecular complexity index is 2960. The van der Waals surface area contributed by atoms with E-state index in [0.717, 1.165) is 17.8 Å². The minimum absolute atomic E-state index is 0.0520. The molecular formula is C62H57N. The van der Waals surface area contributed by atoms with Crippen molar-refractivity contribution in [1.82, 2.24) is 0 Å². The average molecular weight is 816 g/mol. The first kappa shape index (κ1) is 38.5. The van der Waals surface area contributed by atoms with Crippen LogP contribution in [0.3, 0.4) is 0 Å². The Kier molecular flexibility index (Phi) is 8.82. The lowest BCUT2D eigenvalue weighted by atomic mass is 9.48. The molecule has 4 bridgehead atoms. The Morgan fingerprint density at radius 2 is 1.03 bits per heavy atom. The molecule has 63 heavy (non-hydrogen) atoms. The molecule has 0 N–H and O–H groups in total. The largest absolute Gasteiger partial charge is 0.310 e. The zero-order valence-corrected chi connectivity index (χ0v) is 37.2. The quantitative estimate of drug-likeness (QED) is 0.155. The zero-order valence-electron chi connectivity index (χ0n) is 37.2. The fourth-order valence-corrected chi connectivity index (χ4v) is 13.8. The SMILES string of the molecule is Cc1cccc2c1-c1ccc(N(c3cc4ccccc4cc3-c3ccccc3C(C)(C)C)c3ccccc3C34CC5CC(CC(C5)C3)C4)cc1C2(c1ccccc1)c1ccccc1. The van der Waals surface area contributed by atoms with Crippen LogP contribution in [0.1, 0.15) is 98.2 Å². The number of para-hydroxylation sites is 1. The predicted octanol–water partition coefficient (Wildman–Crippen LogP) is 16.4. The van der Waals surface area contributed by atoms with E-state index in [-0.39, 0.29) is 10.8 Å². The highest BCUT2D eigenvalue weighted by Gasteiger charge is 2.53. The number of rotatable bonds is 7. The van der Waals surface area contributed by atoms with Crippen molar-refractivity contribution in [3.8, 4) is 22.3 Å². The molecule has 5 aliphatic rings. The molecule has 0 amide bonds. The molecule has 8 aromatic rings. The topological polar surface area (TPSA) is 3.24 Å². The third-order valence-corrected chi connectivity index (χ3v) is 15.9. The van der Waals surface area contributed by atoms with Gasteiger partial charge in [0.2, 0.25) is 0 Å². The van der Waals surface area contributed by atoms with E-state index in [9.17, 15) is 0 Å². The molecule has 4 saturated carbocycles. The van der Waals surface area contributed by atoms with Crippen LogP contribution in [-0.4, -0.2) is 0 Å². The molecule has 1 heteroatoms. The lowest BCUT2D eigenvalue weighted by Gasteiger charge is -2.57. The van der Waals surface area contributed by atoms with E-state index in [1.54, 1.807) is 5.56 Å². The van der Waals surface area contributed by atoms with E-state index in [2.05, 4.69) is 215 Å². The summed E-state index contributed by atoms with van der Waals surface area (Å²) in [5, 5.41) is 2.52. The highest BCUT2D eigenvalue weighted by molar-refractivity contribution is 6.00. The summed E-state index contributed by atoms with van der Waals surface area (Å²) in [6.45, 7) is 9.38. The van der Waals surface area contributed by atoms with E-state index in [1.165, 1.54) is 122 Å². The van der Waals surface area contributed by atoms with Gasteiger partial charge in [-0.3, -0.25) is 0 Å². The second-order valence-electron chi connectivity index (χ2n) is 20.8.